The Balaban J connectivity index is 2.16. The van der Waals surface area contributed by atoms with Gasteiger partial charge >= 0.3 is 0 Å². The second kappa shape index (κ2) is 6.37. The molecule has 0 aromatic heterocycles. The Labute approximate surface area is 92.4 Å². The summed E-state index contributed by atoms with van der Waals surface area (Å²) in [6.45, 7) is 4.11. The minimum Gasteiger partial charge on any atom is -0.314 e. The van der Waals surface area contributed by atoms with Crippen molar-refractivity contribution in [1.29, 1.82) is 0 Å². The van der Waals surface area contributed by atoms with E-state index in [1.54, 1.807) is 0 Å². The van der Waals surface area contributed by atoms with E-state index < -0.39 is 0 Å². The van der Waals surface area contributed by atoms with Crippen LogP contribution in [0.5, 0.6) is 0 Å². The second-order valence-electron chi connectivity index (χ2n) is 3.95. The summed E-state index contributed by atoms with van der Waals surface area (Å²) in [5.74, 6) is 6.01. The molecule has 0 unspecified atom stereocenters. The van der Waals surface area contributed by atoms with E-state index >= 15 is 0 Å². The highest BCUT2D eigenvalue weighted by molar-refractivity contribution is 8.00. The first-order chi connectivity index (χ1) is 6.83. The fourth-order valence-electron chi connectivity index (χ4n) is 2.06. The van der Waals surface area contributed by atoms with Gasteiger partial charge < -0.3 is 5.32 Å². The molecular weight excluding hydrogens is 190 g/mol. The first-order valence-electron chi connectivity index (χ1n) is 5.48. The van der Waals surface area contributed by atoms with E-state index in [2.05, 4.69) is 23.4 Å². The monoisotopic (exact) mass is 211 g/mol. The van der Waals surface area contributed by atoms with E-state index in [0.717, 1.165) is 13.0 Å². The summed E-state index contributed by atoms with van der Waals surface area (Å²) >= 11 is 2.05. The maximum Gasteiger partial charge on any atom is 0.0281 e. The summed E-state index contributed by atoms with van der Waals surface area (Å²) in [5, 5.41) is 3.53. The number of thioether (sulfide) groups is 1. The molecule has 1 nitrogen and oxygen atoms in total. The lowest BCUT2D eigenvalue weighted by molar-refractivity contribution is 0.539. The van der Waals surface area contributed by atoms with Gasteiger partial charge in [-0.3, -0.25) is 0 Å². The zero-order valence-electron chi connectivity index (χ0n) is 9.36. The molecule has 1 aliphatic rings. The molecule has 0 radical (unpaired) electrons. The molecular formula is C12H21NS. The van der Waals surface area contributed by atoms with Crippen LogP contribution in [-0.4, -0.2) is 24.1 Å². The third-order valence-corrected chi connectivity index (χ3v) is 4.42. The highest BCUT2D eigenvalue weighted by Crippen LogP contribution is 2.39. The lowest BCUT2D eigenvalue weighted by atomic mass is 10.1. The van der Waals surface area contributed by atoms with Gasteiger partial charge in [-0.15, -0.1) is 11.8 Å². The standard InChI is InChI=1S/C12H21NS/c1-3-4-7-10-13-11-12(14-2)8-5-6-9-12/h13H,5-11H2,1-2H3. The van der Waals surface area contributed by atoms with E-state index in [1.807, 2.05) is 18.7 Å². The van der Waals surface area contributed by atoms with Gasteiger partial charge in [0.25, 0.3) is 0 Å². The Bertz CT molecular complexity index is 208. The lowest BCUT2D eigenvalue weighted by Crippen LogP contribution is -2.35. The highest BCUT2D eigenvalue weighted by Gasteiger charge is 2.32. The zero-order chi connectivity index (χ0) is 10.3. The maximum atomic E-state index is 3.53. The highest BCUT2D eigenvalue weighted by atomic mass is 32.2. The predicted molar refractivity (Wildman–Crippen MR) is 65.7 cm³/mol. The molecule has 1 rings (SSSR count). The molecule has 80 valence electrons. The lowest BCUT2D eigenvalue weighted by Gasteiger charge is -2.26. The van der Waals surface area contributed by atoms with E-state index in [1.165, 1.54) is 32.2 Å². The first-order valence-corrected chi connectivity index (χ1v) is 6.71. The van der Waals surface area contributed by atoms with Gasteiger partial charge in [-0.25, -0.2) is 0 Å². The van der Waals surface area contributed by atoms with Crippen molar-refractivity contribution < 1.29 is 0 Å². The van der Waals surface area contributed by atoms with Crippen LogP contribution in [0.3, 0.4) is 0 Å². The van der Waals surface area contributed by atoms with E-state index in [0.29, 0.717) is 4.75 Å². The van der Waals surface area contributed by atoms with Gasteiger partial charge in [-0.1, -0.05) is 12.8 Å². The zero-order valence-corrected chi connectivity index (χ0v) is 10.2. The summed E-state index contributed by atoms with van der Waals surface area (Å²) < 4.78 is 0.541. The normalized spacial score (nSPS) is 19.0. The predicted octanol–water partition coefficient (Wildman–Crippen LogP) is 2.67. The molecule has 0 aromatic carbocycles. The molecule has 2 heteroatoms. The van der Waals surface area contributed by atoms with Gasteiger partial charge in [-0.2, -0.15) is 11.8 Å². The smallest absolute Gasteiger partial charge is 0.0281 e. The van der Waals surface area contributed by atoms with Crippen molar-refractivity contribution in [1.82, 2.24) is 5.32 Å². The average molecular weight is 211 g/mol. The van der Waals surface area contributed by atoms with Gasteiger partial charge in [0.15, 0.2) is 0 Å². The maximum absolute atomic E-state index is 3.53. The Morgan fingerprint density at radius 1 is 1.36 bits per heavy atom. The van der Waals surface area contributed by atoms with Crippen molar-refractivity contribution in [3.05, 3.63) is 0 Å². The third kappa shape index (κ3) is 3.55. The van der Waals surface area contributed by atoms with Gasteiger partial charge in [-0.05, 0) is 26.0 Å². The molecule has 1 N–H and O–H groups in total. The van der Waals surface area contributed by atoms with E-state index in [-0.39, 0.29) is 0 Å². The van der Waals surface area contributed by atoms with Crippen LogP contribution >= 0.6 is 11.8 Å². The summed E-state index contributed by atoms with van der Waals surface area (Å²) in [6.07, 6.45) is 8.84. The molecule has 0 heterocycles. The summed E-state index contributed by atoms with van der Waals surface area (Å²) in [4.78, 5) is 0. The topological polar surface area (TPSA) is 12.0 Å². The molecule has 1 saturated carbocycles. The largest absolute Gasteiger partial charge is 0.314 e. The molecule has 14 heavy (non-hydrogen) atoms. The van der Waals surface area contributed by atoms with Crippen LogP contribution in [0.2, 0.25) is 0 Å². The first kappa shape index (κ1) is 11.9. The molecule has 0 bridgehead atoms. The molecule has 0 aromatic rings. The van der Waals surface area contributed by atoms with Crippen LogP contribution in [0.15, 0.2) is 0 Å². The number of nitrogens with one attached hydrogen (secondary N) is 1. The van der Waals surface area contributed by atoms with Gasteiger partial charge in [0.05, 0.1) is 0 Å². The van der Waals surface area contributed by atoms with E-state index in [9.17, 15) is 0 Å². The summed E-state index contributed by atoms with van der Waals surface area (Å²) in [6, 6.07) is 0. The number of hydrogen-bond donors (Lipinski definition) is 1. The van der Waals surface area contributed by atoms with Crippen LogP contribution in [0.1, 0.15) is 39.0 Å². The van der Waals surface area contributed by atoms with Crippen molar-refractivity contribution in [2.75, 3.05) is 19.3 Å². The Hall–Kier alpha value is -0.130. The van der Waals surface area contributed by atoms with Crippen molar-refractivity contribution in [2.24, 2.45) is 0 Å². The molecule has 0 atom stereocenters. The van der Waals surface area contributed by atoms with Crippen molar-refractivity contribution in [3.63, 3.8) is 0 Å². The fourth-order valence-corrected chi connectivity index (χ4v) is 3.01. The second-order valence-corrected chi connectivity index (χ2v) is 5.22. The van der Waals surface area contributed by atoms with Crippen LogP contribution in [0.4, 0.5) is 0 Å². The average Bonchev–Trinajstić information content (AvgIpc) is 2.67. The molecule has 0 amide bonds. The minimum atomic E-state index is 0.541. The van der Waals surface area contributed by atoms with Crippen LogP contribution in [0.25, 0.3) is 0 Å². The molecule has 1 aliphatic carbocycles. The van der Waals surface area contributed by atoms with E-state index in [4.69, 9.17) is 0 Å². The van der Waals surface area contributed by atoms with Gasteiger partial charge in [0.2, 0.25) is 0 Å². The number of hydrogen-bond acceptors (Lipinski definition) is 2. The minimum absolute atomic E-state index is 0.541. The van der Waals surface area contributed by atoms with Crippen molar-refractivity contribution in [3.8, 4) is 11.8 Å². The summed E-state index contributed by atoms with van der Waals surface area (Å²) in [7, 11) is 0. The Morgan fingerprint density at radius 3 is 2.64 bits per heavy atom. The quantitative estimate of drug-likeness (QED) is 0.554. The van der Waals surface area contributed by atoms with Crippen molar-refractivity contribution >= 4 is 11.8 Å². The van der Waals surface area contributed by atoms with Gasteiger partial charge in [0.1, 0.15) is 0 Å². The molecule has 0 saturated heterocycles. The molecule has 0 spiro atoms. The van der Waals surface area contributed by atoms with Crippen LogP contribution < -0.4 is 5.32 Å². The molecule has 0 aliphatic heterocycles. The SMILES string of the molecule is CC#CCCNCC1(SC)CCCC1. The Kier molecular flexibility index (Phi) is 5.44. The number of rotatable bonds is 5. The Morgan fingerprint density at radius 2 is 2.07 bits per heavy atom. The fraction of sp³-hybridized carbons (Fsp3) is 0.833. The van der Waals surface area contributed by atoms with Crippen LogP contribution in [0, 0.1) is 11.8 Å². The summed E-state index contributed by atoms with van der Waals surface area (Å²) in [5.41, 5.74) is 0. The molecule has 1 fully saturated rings. The van der Waals surface area contributed by atoms with Crippen LogP contribution in [-0.2, 0) is 0 Å². The van der Waals surface area contributed by atoms with Gasteiger partial charge in [0, 0.05) is 24.3 Å². The third-order valence-electron chi connectivity index (χ3n) is 3.00. The van der Waals surface area contributed by atoms with Crippen molar-refractivity contribution in [2.45, 2.75) is 43.8 Å².